The summed E-state index contributed by atoms with van der Waals surface area (Å²) in [6.07, 6.45) is 1.63. The lowest BCUT2D eigenvalue weighted by Gasteiger charge is -2.08. The molecule has 8 heteroatoms. The third-order valence-corrected chi connectivity index (χ3v) is 1.80. The molecule has 0 amide bonds. The minimum absolute atomic E-state index is 0.0751. The van der Waals surface area contributed by atoms with E-state index in [1.54, 1.807) is 0 Å². The van der Waals surface area contributed by atoms with E-state index >= 15 is 0 Å². The second-order valence-electron chi connectivity index (χ2n) is 3.23. The van der Waals surface area contributed by atoms with E-state index in [0.29, 0.717) is 19.3 Å². The van der Waals surface area contributed by atoms with E-state index in [4.69, 9.17) is 14.9 Å². The van der Waals surface area contributed by atoms with Crippen LogP contribution in [0.5, 0.6) is 0 Å². The highest BCUT2D eigenvalue weighted by molar-refractivity contribution is 5.31. The number of nitrogens with zero attached hydrogens (tertiary/aromatic N) is 3. The predicted molar refractivity (Wildman–Crippen MR) is 61.0 cm³/mol. The smallest absolute Gasteiger partial charge is 0.235 e. The Labute approximate surface area is 99.1 Å². The van der Waals surface area contributed by atoms with Crippen molar-refractivity contribution in [1.82, 2.24) is 15.0 Å². The topological polar surface area (TPSA) is 112 Å². The molecule has 4 N–H and O–H groups in total. The average Bonchev–Trinajstić information content (AvgIpc) is 2.28. The number of aliphatic hydroxyl groups is 2. The fraction of sp³-hybridized carbons (Fsp3) is 0.667. The molecule has 0 bridgehead atoms. The highest BCUT2D eigenvalue weighted by atomic mass is 16.5. The first-order valence-electron chi connectivity index (χ1n) is 5.35. The molecule has 0 radical (unpaired) electrons. The van der Waals surface area contributed by atoms with E-state index in [2.05, 4.69) is 32.5 Å². The van der Waals surface area contributed by atoms with E-state index < -0.39 is 6.41 Å². The highest BCUT2D eigenvalue weighted by Crippen LogP contribution is 2.01. The van der Waals surface area contributed by atoms with Crippen LogP contribution in [0.3, 0.4) is 0 Å². The van der Waals surface area contributed by atoms with Gasteiger partial charge in [-0.15, -0.1) is 0 Å². The van der Waals surface area contributed by atoms with Crippen LogP contribution < -0.4 is 10.6 Å². The average molecular weight is 243 g/mol. The summed E-state index contributed by atoms with van der Waals surface area (Å²) >= 11 is 0. The van der Waals surface area contributed by atoms with Gasteiger partial charge in [-0.05, 0) is 6.42 Å². The molecule has 1 aromatic heterocycles. The van der Waals surface area contributed by atoms with Crippen LogP contribution >= 0.6 is 0 Å². The zero-order valence-corrected chi connectivity index (χ0v) is 9.63. The van der Waals surface area contributed by atoms with Crippen molar-refractivity contribution in [3.05, 3.63) is 6.33 Å². The quantitative estimate of drug-likeness (QED) is 0.365. The first-order valence-corrected chi connectivity index (χ1v) is 5.35. The van der Waals surface area contributed by atoms with Crippen LogP contribution in [0.1, 0.15) is 19.8 Å². The first kappa shape index (κ1) is 13.6. The molecule has 0 aliphatic carbocycles. The number of rotatable bonds is 8. The summed E-state index contributed by atoms with van der Waals surface area (Å²) in [6.45, 7) is 3.06. The number of unbranched alkanes of at least 4 members (excludes halogenated alkanes) is 1. The summed E-state index contributed by atoms with van der Waals surface area (Å²) in [6, 6.07) is 0. The lowest BCUT2D eigenvalue weighted by molar-refractivity contribution is -0.0153. The maximum atomic E-state index is 8.67. The lowest BCUT2D eigenvalue weighted by Crippen LogP contribution is -2.19. The van der Waals surface area contributed by atoms with Gasteiger partial charge in [-0.2, -0.15) is 4.98 Å². The molecule has 0 unspecified atom stereocenters. The number of hydrogen-bond donors (Lipinski definition) is 4. The monoisotopic (exact) mass is 243 g/mol. The van der Waals surface area contributed by atoms with Crippen molar-refractivity contribution >= 4 is 11.9 Å². The molecule has 0 saturated carbocycles. The standard InChI is InChI=1S/C9H17N5O3/c1-2-3-4-17-6-12-7-10-5-11-8(13-7)14-9(15)16/h5,9,15-16H,2-4,6H2,1H3,(H2,10,11,12,13,14). The molecule has 96 valence electrons. The Morgan fingerprint density at radius 3 is 2.82 bits per heavy atom. The molecule has 0 atom stereocenters. The van der Waals surface area contributed by atoms with Crippen molar-refractivity contribution < 1.29 is 14.9 Å². The lowest BCUT2D eigenvalue weighted by atomic mass is 10.4. The number of nitrogens with one attached hydrogen (secondary N) is 2. The molecule has 0 aromatic carbocycles. The van der Waals surface area contributed by atoms with Crippen molar-refractivity contribution in [3.8, 4) is 0 Å². The van der Waals surface area contributed by atoms with Gasteiger partial charge in [-0.3, -0.25) is 0 Å². The Morgan fingerprint density at radius 2 is 2.12 bits per heavy atom. The summed E-state index contributed by atoms with van der Waals surface area (Å²) in [5, 5.41) is 22.4. The van der Waals surface area contributed by atoms with E-state index in [9.17, 15) is 0 Å². The van der Waals surface area contributed by atoms with E-state index in [0.717, 1.165) is 12.8 Å². The van der Waals surface area contributed by atoms with Gasteiger partial charge in [-0.1, -0.05) is 13.3 Å². The molecule has 17 heavy (non-hydrogen) atoms. The summed E-state index contributed by atoms with van der Waals surface area (Å²) in [5.74, 6) is 0.380. The van der Waals surface area contributed by atoms with Crippen molar-refractivity contribution in [2.75, 3.05) is 24.0 Å². The number of ether oxygens (including phenoxy) is 1. The molecule has 0 fully saturated rings. The number of aliphatic hydroxyl groups excluding tert-OH is 1. The van der Waals surface area contributed by atoms with Crippen LogP contribution in [0.4, 0.5) is 11.9 Å². The summed E-state index contributed by atoms with van der Waals surface area (Å²) in [7, 11) is 0. The zero-order valence-electron chi connectivity index (χ0n) is 9.63. The van der Waals surface area contributed by atoms with Gasteiger partial charge in [0.25, 0.3) is 0 Å². The van der Waals surface area contributed by atoms with Gasteiger partial charge in [0.2, 0.25) is 18.3 Å². The van der Waals surface area contributed by atoms with Gasteiger partial charge in [0.15, 0.2) is 0 Å². The molecular weight excluding hydrogens is 226 g/mol. The number of anilines is 2. The van der Waals surface area contributed by atoms with Gasteiger partial charge in [-0.25, -0.2) is 9.97 Å². The largest absolute Gasteiger partial charge is 0.361 e. The van der Waals surface area contributed by atoms with Crippen LogP contribution in [0, 0.1) is 0 Å². The molecule has 0 saturated heterocycles. The minimum atomic E-state index is -1.70. The molecular formula is C9H17N5O3. The normalized spacial score (nSPS) is 10.6. The molecule has 0 spiro atoms. The SMILES string of the molecule is CCCCOCNc1ncnc(NC(O)O)n1. The Bertz CT molecular complexity index is 323. The summed E-state index contributed by atoms with van der Waals surface area (Å²) < 4.78 is 5.27. The molecule has 0 aliphatic heterocycles. The zero-order chi connectivity index (χ0) is 12.5. The van der Waals surface area contributed by atoms with Gasteiger partial charge in [0, 0.05) is 6.61 Å². The molecule has 8 nitrogen and oxygen atoms in total. The summed E-state index contributed by atoms with van der Waals surface area (Å²) in [5.41, 5.74) is 0. The van der Waals surface area contributed by atoms with Crippen LogP contribution in [-0.2, 0) is 4.74 Å². The van der Waals surface area contributed by atoms with E-state index in [-0.39, 0.29) is 5.95 Å². The fourth-order valence-electron chi connectivity index (χ4n) is 1.00. The highest BCUT2D eigenvalue weighted by Gasteiger charge is 2.02. The second kappa shape index (κ2) is 7.71. The number of aromatic nitrogens is 3. The summed E-state index contributed by atoms with van der Waals surface area (Å²) in [4.78, 5) is 11.4. The Balaban J connectivity index is 2.32. The van der Waals surface area contributed by atoms with Crippen molar-refractivity contribution in [2.24, 2.45) is 0 Å². The van der Waals surface area contributed by atoms with E-state index in [1.165, 1.54) is 6.33 Å². The maximum Gasteiger partial charge on any atom is 0.235 e. The predicted octanol–water partition coefficient (Wildman–Crippen LogP) is -0.262. The van der Waals surface area contributed by atoms with Crippen LogP contribution in [-0.4, -0.2) is 44.9 Å². The van der Waals surface area contributed by atoms with Crippen LogP contribution in [0.2, 0.25) is 0 Å². The Hall–Kier alpha value is -1.51. The Morgan fingerprint density at radius 1 is 1.35 bits per heavy atom. The van der Waals surface area contributed by atoms with Gasteiger partial charge < -0.3 is 25.6 Å². The van der Waals surface area contributed by atoms with Gasteiger partial charge >= 0.3 is 0 Å². The molecule has 0 aliphatic rings. The van der Waals surface area contributed by atoms with Gasteiger partial charge in [0.05, 0.1) is 0 Å². The first-order chi connectivity index (χ1) is 8.22. The fourth-order valence-corrected chi connectivity index (χ4v) is 1.00. The van der Waals surface area contributed by atoms with Gasteiger partial charge in [0.1, 0.15) is 13.1 Å². The number of hydrogen-bond acceptors (Lipinski definition) is 8. The third kappa shape index (κ3) is 5.95. The third-order valence-electron chi connectivity index (χ3n) is 1.80. The van der Waals surface area contributed by atoms with Crippen molar-refractivity contribution in [2.45, 2.75) is 26.2 Å². The second-order valence-corrected chi connectivity index (χ2v) is 3.23. The minimum Gasteiger partial charge on any atom is -0.361 e. The van der Waals surface area contributed by atoms with Crippen molar-refractivity contribution in [3.63, 3.8) is 0 Å². The van der Waals surface area contributed by atoms with Crippen LogP contribution in [0.25, 0.3) is 0 Å². The van der Waals surface area contributed by atoms with Crippen LogP contribution in [0.15, 0.2) is 6.33 Å². The molecule has 1 aromatic rings. The van der Waals surface area contributed by atoms with E-state index in [1.807, 2.05) is 0 Å². The molecule has 1 heterocycles. The van der Waals surface area contributed by atoms with Crippen molar-refractivity contribution in [1.29, 1.82) is 0 Å². The molecule has 1 rings (SSSR count). The Kier molecular flexibility index (Phi) is 6.15. The maximum absolute atomic E-state index is 8.67.